The van der Waals surface area contributed by atoms with Crippen LogP contribution in [0.4, 0.5) is 4.39 Å². The summed E-state index contributed by atoms with van der Waals surface area (Å²) in [6, 6.07) is 8.08. The van der Waals surface area contributed by atoms with Gasteiger partial charge in [-0.3, -0.25) is 9.78 Å². The highest BCUT2D eigenvalue weighted by molar-refractivity contribution is 7.38. The first kappa shape index (κ1) is 23.0. The predicted octanol–water partition coefficient (Wildman–Crippen LogP) is 4.23. The highest BCUT2D eigenvalue weighted by atomic mass is 31.1. The Labute approximate surface area is 181 Å². The summed E-state index contributed by atoms with van der Waals surface area (Å²) in [4.78, 5) is 25.5. The van der Waals surface area contributed by atoms with E-state index in [4.69, 9.17) is 14.6 Å². The van der Waals surface area contributed by atoms with E-state index in [0.29, 0.717) is 11.5 Å². The second-order valence-electron chi connectivity index (χ2n) is 7.88. The van der Waals surface area contributed by atoms with Crippen molar-refractivity contribution >= 4 is 14.0 Å². The monoisotopic (exact) mass is 444 g/mol. The van der Waals surface area contributed by atoms with Gasteiger partial charge in [-0.1, -0.05) is 26.0 Å². The highest BCUT2D eigenvalue weighted by Crippen LogP contribution is 2.42. The molecular weight excluding hydrogens is 420 g/mol. The maximum absolute atomic E-state index is 13.5. The molecule has 1 aromatic carbocycles. The lowest BCUT2D eigenvalue weighted by atomic mass is 9.93. The molecule has 2 atom stereocenters. The zero-order valence-electron chi connectivity index (χ0n) is 17.3. The molecule has 1 fully saturated rings. The number of aliphatic hydroxyl groups excluding tert-OH is 1. The number of halogens is 1. The Morgan fingerprint density at radius 3 is 2.58 bits per heavy atom. The number of carbonyl (C=O) groups excluding carboxylic acids is 1. The molecule has 1 aliphatic carbocycles. The Morgan fingerprint density at radius 1 is 1.32 bits per heavy atom. The number of rotatable bonds is 7. The van der Waals surface area contributed by atoms with Crippen molar-refractivity contribution < 1.29 is 28.5 Å². The second kappa shape index (κ2) is 10.1. The SMILES string of the molecule is CC(C)c1nc(C2CC2)cc(-c2ccc(F)cc2)c1C#COC(=O)CC(O)C[P+](=O)O. The first-order chi connectivity index (χ1) is 14.7. The fraction of sp³-hybridized carbons (Fsp3) is 0.391. The molecule has 0 amide bonds. The topological polar surface area (TPSA) is 96.7 Å². The lowest BCUT2D eigenvalue weighted by Gasteiger charge is -2.15. The zero-order chi connectivity index (χ0) is 22.5. The van der Waals surface area contributed by atoms with Crippen molar-refractivity contribution in [2.45, 2.75) is 51.0 Å². The molecule has 2 N–H and O–H groups in total. The quantitative estimate of drug-likeness (QED) is 0.377. The lowest BCUT2D eigenvalue weighted by molar-refractivity contribution is -0.138. The van der Waals surface area contributed by atoms with Crippen LogP contribution in [0.15, 0.2) is 30.3 Å². The summed E-state index contributed by atoms with van der Waals surface area (Å²) in [5.41, 5.74) is 3.92. The van der Waals surface area contributed by atoms with Crippen molar-refractivity contribution in [1.82, 2.24) is 4.98 Å². The molecule has 3 rings (SSSR count). The molecule has 1 heterocycles. The zero-order valence-corrected chi connectivity index (χ0v) is 18.2. The molecule has 0 spiro atoms. The summed E-state index contributed by atoms with van der Waals surface area (Å²) in [6.45, 7) is 3.99. The largest absolute Gasteiger partial charge is 0.508 e. The summed E-state index contributed by atoms with van der Waals surface area (Å²) >= 11 is 0. The van der Waals surface area contributed by atoms with Gasteiger partial charge in [-0.25, -0.2) is 4.39 Å². The average Bonchev–Trinajstić information content (AvgIpc) is 3.53. The standard InChI is InChI=1S/C23H23FNO5P/c1-14(2)23-19(9-10-30-22(27)11-18(26)13-31(28)29)20(12-21(25-23)16-3-4-16)15-5-7-17(24)8-6-15/h5-8,12,14,16,18,26H,3-4,11,13H2,1-2H3/p+1. The van der Waals surface area contributed by atoms with Crippen LogP contribution < -0.4 is 0 Å². The van der Waals surface area contributed by atoms with Gasteiger partial charge in [0.1, 0.15) is 18.0 Å². The van der Waals surface area contributed by atoms with Gasteiger partial charge in [0.2, 0.25) is 6.16 Å². The van der Waals surface area contributed by atoms with Gasteiger partial charge >= 0.3 is 14.0 Å². The first-order valence-corrected chi connectivity index (χ1v) is 11.5. The Morgan fingerprint density at radius 2 is 2.00 bits per heavy atom. The van der Waals surface area contributed by atoms with Crippen molar-refractivity contribution in [3.8, 4) is 23.2 Å². The molecule has 2 unspecified atom stereocenters. The van der Waals surface area contributed by atoms with Gasteiger partial charge in [-0.15, -0.1) is 0 Å². The smallest absolute Gasteiger partial charge is 0.388 e. The molecule has 1 aromatic heterocycles. The van der Waals surface area contributed by atoms with E-state index in [1.807, 2.05) is 19.9 Å². The molecular formula is C23H24FNO5P+. The molecule has 0 aliphatic heterocycles. The number of ether oxygens (including phenoxy) is 1. The number of hydrogen-bond acceptors (Lipinski definition) is 5. The highest BCUT2D eigenvalue weighted by Gasteiger charge is 2.28. The van der Waals surface area contributed by atoms with Crippen molar-refractivity contribution in [2.75, 3.05) is 6.16 Å². The van der Waals surface area contributed by atoms with Gasteiger partial charge in [0, 0.05) is 17.2 Å². The molecule has 1 aliphatic rings. The van der Waals surface area contributed by atoms with Gasteiger partial charge in [0.15, 0.2) is 0 Å². The van der Waals surface area contributed by atoms with E-state index in [9.17, 15) is 18.9 Å². The number of nitrogens with zero attached hydrogens (tertiary/aromatic N) is 1. The summed E-state index contributed by atoms with van der Waals surface area (Å²) < 4.78 is 29.1. The molecule has 1 saturated carbocycles. The van der Waals surface area contributed by atoms with Crippen LogP contribution in [-0.4, -0.2) is 33.2 Å². The maximum atomic E-state index is 13.5. The number of hydrogen-bond donors (Lipinski definition) is 2. The van der Waals surface area contributed by atoms with Gasteiger partial charge in [0.25, 0.3) is 0 Å². The molecule has 0 bridgehead atoms. The van der Waals surface area contributed by atoms with Crippen LogP contribution in [0.3, 0.4) is 0 Å². The van der Waals surface area contributed by atoms with Gasteiger partial charge in [-0.2, -0.15) is 4.89 Å². The Hall–Kier alpha value is -2.65. The van der Waals surface area contributed by atoms with E-state index in [1.165, 1.54) is 12.1 Å². The minimum Gasteiger partial charge on any atom is -0.388 e. The summed E-state index contributed by atoms with van der Waals surface area (Å²) in [7, 11) is -2.55. The molecule has 0 radical (unpaired) electrons. The minimum absolute atomic E-state index is 0.0561. The third-order valence-electron chi connectivity index (χ3n) is 4.88. The number of benzene rings is 1. The Balaban J connectivity index is 1.93. The molecule has 0 saturated heterocycles. The number of pyridine rings is 1. The second-order valence-corrected chi connectivity index (χ2v) is 8.95. The van der Waals surface area contributed by atoms with Crippen molar-refractivity contribution in [2.24, 2.45) is 0 Å². The van der Waals surface area contributed by atoms with Crippen molar-refractivity contribution in [3.63, 3.8) is 0 Å². The minimum atomic E-state index is -2.55. The van der Waals surface area contributed by atoms with E-state index in [2.05, 4.69) is 12.0 Å². The van der Waals surface area contributed by atoms with Crippen molar-refractivity contribution in [3.05, 3.63) is 53.1 Å². The average molecular weight is 444 g/mol. The number of carbonyl (C=O) groups is 1. The van der Waals surface area contributed by atoms with Gasteiger partial charge in [-0.05, 0) is 53.0 Å². The summed E-state index contributed by atoms with van der Waals surface area (Å²) in [6.07, 6.45) is 2.43. The third-order valence-corrected chi connectivity index (χ3v) is 5.61. The summed E-state index contributed by atoms with van der Waals surface area (Å²) in [5, 5.41) is 9.59. The van der Waals surface area contributed by atoms with E-state index in [1.54, 1.807) is 12.1 Å². The third kappa shape index (κ3) is 6.41. The Bertz CT molecular complexity index is 1040. The van der Waals surface area contributed by atoms with Crippen LogP contribution in [0.2, 0.25) is 0 Å². The molecule has 162 valence electrons. The Kier molecular flexibility index (Phi) is 7.50. The van der Waals surface area contributed by atoms with E-state index in [0.717, 1.165) is 35.4 Å². The lowest BCUT2D eigenvalue weighted by Crippen LogP contribution is -2.16. The van der Waals surface area contributed by atoms with Crippen LogP contribution >= 0.6 is 8.03 Å². The molecule has 8 heteroatoms. The van der Waals surface area contributed by atoms with Crippen LogP contribution in [0.5, 0.6) is 0 Å². The van der Waals surface area contributed by atoms with Crippen LogP contribution in [0.25, 0.3) is 11.1 Å². The van der Waals surface area contributed by atoms with Gasteiger partial charge in [0.05, 0.1) is 17.7 Å². The first-order valence-electron chi connectivity index (χ1n) is 10.1. The normalized spacial score (nSPS) is 14.6. The molecule has 2 aromatic rings. The van der Waals surface area contributed by atoms with E-state index < -0.39 is 32.7 Å². The van der Waals surface area contributed by atoms with Crippen LogP contribution in [0, 0.1) is 17.8 Å². The van der Waals surface area contributed by atoms with Crippen LogP contribution in [0.1, 0.15) is 61.9 Å². The number of aromatic nitrogens is 1. The fourth-order valence-corrected chi connectivity index (χ4v) is 3.68. The fourth-order valence-electron chi connectivity index (χ4n) is 3.19. The van der Waals surface area contributed by atoms with Crippen LogP contribution in [-0.2, 0) is 14.1 Å². The summed E-state index contributed by atoms with van der Waals surface area (Å²) in [5.74, 6) is 2.20. The predicted molar refractivity (Wildman–Crippen MR) is 114 cm³/mol. The van der Waals surface area contributed by atoms with E-state index in [-0.39, 0.29) is 11.7 Å². The maximum Gasteiger partial charge on any atom is 0.508 e. The van der Waals surface area contributed by atoms with E-state index >= 15 is 0 Å². The van der Waals surface area contributed by atoms with Gasteiger partial charge < -0.3 is 9.84 Å². The molecule has 6 nitrogen and oxygen atoms in total. The number of aliphatic hydroxyl groups is 1. The van der Waals surface area contributed by atoms with Crippen molar-refractivity contribution in [1.29, 1.82) is 0 Å². The molecule has 31 heavy (non-hydrogen) atoms. The number of esters is 1.